The van der Waals surface area contributed by atoms with E-state index in [1.807, 2.05) is 6.08 Å². The molecule has 2 atom stereocenters. The van der Waals surface area contributed by atoms with E-state index in [0.29, 0.717) is 17.7 Å². The van der Waals surface area contributed by atoms with Gasteiger partial charge in [-0.05, 0) is 54.2 Å². The molecule has 1 aliphatic carbocycles. The molecule has 0 spiro atoms. The van der Waals surface area contributed by atoms with Gasteiger partial charge in [0.25, 0.3) is 11.4 Å². The van der Waals surface area contributed by atoms with E-state index in [-0.39, 0.29) is 30.1 Å². The topological polar surface area (TPSA) is 156 Å². The summed E-state index contributed by atoms with van der Waals surface area (Å²) in [6.07, 6.45) is 3.61. The SMILES string of the molecule is O=C(O)CCC(=O)N1N=C2/C(=C/c3ccc([N+](=O)[O-])cc3)CCC[C@H]2[C@H]1c1ccc([N+](=O)[O-])cc1. The summed E-state index contributed by atoms with van der Waals surface area (Å²) in [6, 6.07) is 11.6. The molecule has 0 aromatic heterocycles. The monoisotopic (exact) mass is 478 g/mol. The first-order chi connectivity index (χ1) is 16.7. The lowest BCUT2D eigenvalue weighted by atomic mass is 9.77. The first kappa shape index (κ1) is 23.7. The van der Waals surface area contributed by atoms with E-state index in [1.165, 1.54) is 29.3 Å². The minimum absolute atomic E-state index is 0.0136. The van der Waals surface area contributed by atoms with Crippen LogP contribution in [0.15, 0.2) is 59.2 Å². The molecule has 1 N–H and O–H groups in total. The summed E-state index contributed by atoms with van der Waals surface area (Å²) in [5, 5.41) is 37.0. The third kappa shape index (κ3) is 5.08. The third-order valence-corrected chi connectivity index (χ3v) is 6.20. The average Bonchev–Trinajstić information content (AvgIpc) is 3.23. The molecule has 0 unspecified atom stereocenters. The summed E-state index contributed by atoms with van der Waals surface area (Å²) in [5.74, 6) is -1.69. The van der Waals surface area contributed by atoms with Gasteiger partial charge >= 0.3 is 5.97 Å². The van der Waals surface area contributed by atoms with E-state index in [4.69, 9.17) is 5.11 Å². The van der Waals surface area contributed by atoms with Crippen LogP contribution in [-0.4, -0.2) is 37.6 Å². The summed E-state index contributed by atoms with van der Waals surface area (Å²) in [4.78, 5) is 45.0. The van der Waals surface area contributed by atoms with E-state index in [2.05, 4.69) is 5.10 Å². The Labute approximate surface area is 199 Å². The fourth-order valence-electron chi connectivity index (χ4n) is 4.56. The third-order valence-electron chi connectivity index (χ3n) is 6.20. The molecule has 0 bridgehead atoms. The maximum absolute atomic E-state index is 13.0. The molecule has 11 nitrogen and oxygen atoms in total. The summed E-state index contributed by atoms with van der Waals surface area (Å²) < 4.78 is 0. The van der Waals surface area contributed by atoms with Crippen molar-refractivity contribution in [3.05, 3.63) is 85.5 Å². The van der Waals surface area contributed by atoms with E-state index in [0.717, 1.165) is 24.0 Å². The number of non-ortho nitro benzene ring substituents is 2. The van der Waals surface area contributed by atoms with Gasteiger partial charge in [-0.2, -0.15) is 5.10 Å². The van der Waals surface area contributed by atoms with Crippen molar-refractivity contribution in [1.29, 1.82) is 0 Å². The van der Waals surface area contributed by atoms with Gasteiger partial charge in [-0.25, -0.2) is 5.01 Å². The Morgan fingerprint density at radius 1 is 1.00 bits per heavy atom. The van der Waals surface area contributed by atoms with Crippen LogP contribution in [0.4, 0.5) is 11.4 Å². The number of benzene rings is 2. The predicted octanol–water partition coefficient (Wildman–Crippen LogP) is 4.49. The molecule has 11 heteroatoms. The zero-order valence-corrected chi connectivity index (χ0v) is 18.6. The van der Waals surface area contributed by atoms with Crippen molar-refractivity contribution in [3.8, 4) is 0 Å². The van der Waals surface area contributed by atoms with Crippen LogP contribution in [0.5, 0.6) is 0 Å². The molecule has 4 rings (SSSR count). The molecule has 2 aromatic carbocycles. The van der Waals surface area contributed by atoms with Gasteiger partial charge in [0.1, 0.15) is 0 Å². The van der Waals surface area contributed by atoms with E-state index in [1.54, 1.807) is 24.3 Å². The summed E-state index contributed by atoms with van der Waals surface area (Å²) in [7, 11) is 0. The second kappa shape index (κ2) is 9.84. The fourth-order valence-corrected chi connectivity index (χ4v) is 4.56. The van der Waals surface area contributed by atoms with E-state index >= 15 is 0 Å². The molecule has 2 aromatic rings. The van der Waals surface area contributed by atoms with E-state index < -0.39 is 27.8 Å². The van der Waals surface area contributed by atoms with Crippen molar-refractivity contribution in [2.75, 3.05) is 0 Å². The van der Waals surface area contributed by atoms with Crippen molar-refractivity contribution in [3.63, 3.8) is 0 Å². The first-order valence-electron chi connectivity index (χ1n) is 11.1. The number of aliphatic carboxylic acids is 1. The molecular weight excluding hydrogens is 456 g/mol. The highest BCUT2D eigenvalue weighted by Crippen LogP contribution is 2.45. The second-order valence-electron chi connectivity index (χ2n) is 8.43. The standard InChI is InChI=1S/C24H22N4O7/c29-21(12-13-22(30)31)26-24(16-6-10-19(11-7-16)28(34)35)20-3-1-2-17(23(20)25-26)14-15-4-8-18(9-5-15)27(32)33/h4-11,14,20,24H,1-3,12-13H2,(H,30,31)/b17-14+/t20-,24-/m1/s1. The lowest BCUT2D eigenvalue weighted by Gasteiger charge is -2.29. The number of carboxylic acids is 1. The molecule has 0 saturated heterocycles. The highest BCUT2D eigenvalue weighted by molar-refractivity contribution is 6.08. The van der Waals surface area contributed by atoms with Crippen LogP contribution in [0.25, 0.3) is 6.08 Å². The van der Waals surface area contributed by atoms with Crippen molar-refractivity contribution >= 4 is 35.0 Å². The zero-order chi connectivity index (χ0) is 25.1. The van der Waals surface area contributed by atoms with Crippen LogP contribution < -0.4 is 0 Å². The highest BCUT2D eigenvalue weighted by atomic mass is 16.6. The number of allylic oxidation sites excluding steroid dienone is 1. The Balaban J connectivity index is 1.69. The van der Waals surface area contributed by atoms with Crippen LogP contribution in [0, 0.1) is 26.1 Å². The molecule has 0 radical (unpaired) electrons. The number of nitrogens with zero attached hydrogens (tertiary/aromatic N) is 4. The number of nitro benzene ring substituents is 2. The molecule has 1 fully saturated rings. The lowest BCUT2D eigenvalue weighted by Crippen LogP contribution is -2.32. The normalized spacial score (nSPS) is 20.3. The van der Waals surface area contributed by atoms with Gasteiger partial charge in [-0.1, -0.05) is 12.1 Å². The Hall–Kier alpha value is -4.41. The molecule has 1 heterocycles. The smallest absolute Gasteiger partial charge is 0.303 e. The maximum Gasteiger partial charge on any atom is 0.303 e. The number of amides is 1. The van der Waals surface area contributed by atoms with E-state index in [9.17, 15) is 29.8 Å². The maximum atomic E-state index is 13.0. The van der Waals surface area contributed by atoms with Gasteiger partial charge in [-0.15, -0.1) is 0 Å². The van der Waals surface area contributed by atoms with Gasteiger partial charge in [-0.3, -0.25) is 29.8 Å². The number of hydrazone groups is 1. The Morgan fingerprint density at radius 3 is 2.17 bits per heavy atom. The van der Waals surface area contributed by atoms with Crippen molar-refractivity contribution < 1.29 is 24.5 Å². The number of hydrogen-bond donors (Lipinski definition) is 1. The van der Waals surface area contributed by atoms with Crippen molar-refractivity contribution in [2.45, 2.75) is 38.1 Å². The van der Waals surface area contributed by atoms with Crippen molar-refractivity contribution in [2.24, 2.45) is 11.0 Å². The summed E-state index contributed by atoms with van der Waals surface area (Å²) in [6.45, 7) is 0. The number of nitro groups is 2. The Kier molecular flexibility index (Phi) is 6.67. The van der Waals surface area contributed by atoms with Gasteiger partial charge in [0.05, 0.1) is 28.0 Å². The molecule has 1 saturated carbocycles. The van der Waals surface area contributed by atoms with Gasteiger partial charge in [0, 0.05) is 36.6 Å². The zero-order valence-electron chi connectivity index (χ0n) is 18.6. The van der Waals surface area contributed by atoms with Crippen molar-refractivity contribution in [1.82, 2.24) is 5.01 Å². The Morgan fingerprint density at radius 2 is 1.60 bits per heavy atom. The first-order valence-corrected chi connectivity index (χ1v) is 11.1. The highest BCUT2D eigenvalue weighted by Gasteiger charge is 2.43. The lowest BCUT2D eigenvalue weighted by molar-refractivity contribution is -0.385. The molecular formula is C24H22N4O7. The van der Waals surface area contributed by atoms with Gasteiger partial charge < -0.3 is 5.11 Å². The number of carbonyl (C=O) groups excluding carboxylic acids is 1. The number of rotatable bonds is 7. The molecule has 1 aliphatic heterocycles. The molecule has 35 heavy (non-hydrogen) atoms. The van der Waals surface area contributed by atoms with Crippen LogP contribution in [0.2, 0.25) is 0 Å². The van der Waals surface area contributed by atoms with Crippen LogP contribution >= 0.6 is 0 Å². The summed E-state index contributed by atoms with van der Waals surface area (Å²) in [5.41, 5.74) is 2.97. The molecule has 2 aliphatic rings. The quantitative estimate of drug-likeness (QED) is 0.454. The molecule has 1 amide bonds. The summed E-state index contributed by atoms with van der Waals surface area (Å²) >= 11 is 0. The van der Waals surface area contributed by atoms with Crippen LogP contribution in [0.1, 0.15) is 49.3 Å². The fraction of sp³-hybridized carbons (Fsp3) is 0.292. The number of fused-ring (bicyclic) bond motifs is 1. The average molecular weight is 478 g/mol. The number of carbonyl (C=O) groups is 2. The van der Waals surface area contributed by atoms with Gasteiger partial charge in [0.2, 0.25) is 5.91 Å². The minimum atomic E-state index is -1.09. The second-order valence-corrected chi connectivity index (χ2v) is 8.43. The number of carboxylic acid groups (broad SMARTS) is 1. The number of hydrogen-bond acceptors (Lipinski definition) is 7. The minimum Gasteiger partial charge on any atom is -0.481 e. The predicted molar refractivity (Wildman–Crippen MR) is 125 cm³/mol. The van der Waals surface area contributed by atoms with Gasteiger partial charge in [0.15, 0.2) is 0 Å². The Bertz CT molecular complexity index is 1240. The van der Waals surface area contributed by atoms with Crippen LogP contribution in [0.3, 0.4) is 0 Å². The molecule has 180 valence electrons. The largest absolute Gasteiger partial charge is 0.481 e. The van der Waals surface area contributed by atoms with Crippen LogP contribution in [-0.2, 0) is 9.59 Å².